The maximum Gasteiger partial charge on any atom is 0.416 e. The van der Waals surface area contributed by atoms with Gasteiger partial charge in [0.2, 0.25) is 5.91 Å². The third-order valence-corrected chi connectivity index (χ3v) is 8.03. The first-order valence-corrected chi connectivity index (χ1v) is 14.4. The first kappa shape index (κ1) is 30.2. The highest BCUT2D eigenvalue weighted by atomic mass is 127. The fourth-order valence-corrected chi connectivity index (χ4v) is 6.60. The monoisotopic (exact) mass is 794 g/mol. The minimum Gasteiger partial charge on any atom is -0.495 e. The van der Waals surface area contributed by atoms with Gasteiger partial charge in [0.05, 0.1) is 30.4 Å². The molecule has 0 aliphatic carbocycles. The number of rotatable bonds is 8. The molecule has 0 aromatic heterocycles. The van der Waals surface area contributed by atoms with Crippen LogP contribution in [0.1, 0.15) is 16.7 Å². The van der Waals surface area contributed by atoms with Crippen LogP contribution in [0.2, 0.25) is 0 Å². The summed E-state index contributed by atoms with van der Waals surface area (Å²) >= 11 is 4.93. The van der Waals surface area contributed by atoms with Gasteiger partial charge in [0, 0.05) is 0 Å². The molecule has 1 fully saturated rings. The molecule has 1 heterocycles. The number of methoxy groups -OCH3 is 1. The number of hydrogen-bond donors (Lipinski definition) is 1. The lowest BCUT2D eigenvalue weighted by atomic mass is 10.1. The van der Waals surface area contributed by atoms with Gasteiger partial charge >= 0.3 is 6.18 Å². The van der Waals surface area contributed by atoms with Crippen LogP contribution >= 0.6 is 56.9 Å². The molecule has 0 radical (unpaired) electrons. The fourth-order valence-electron chi connectivity index (χ4n) is 3.63. The van der Waals surface area contributed by atoms with E-state index in [1.54, 1.807) is 6.08 Å². The minimum absolute atomic E-state index is 0.00390. The summed E-state index contributed by atoms with van der Waals surface area (Å²) in [4.78, 5) is 38.9. The van der Waals surface area contributed by atoms with Crippen LogP contribution in [0.15, 0.2) is 65.6 Å². The molecule has 0 unspecified atom stereocenters. The number of thioether (sulfide) groups is 1. The number of carbonyl (C=O) groups is 3. The molecule has 3 amide bonds. The smallest absolute Gasteiger partial charge is 0.416 e. The Labute approximate surface area is 258 Å². The molecule has 3 aromatic carbocycles. The number of anilines is 1. The summed E-state index contributed by atoms with van der Waals surface area (Å²) in [5, 5.41) is 1.63. The normalized spacial score (nSPS) is 14.6. The standard InChI is InChI=1S/C27H19F3I2N2O5S/c1-38-21-8-7-17(27(28,29)30)12-20(21)33-23(35)13-34-25(36)22(40-26(34)37)11-16-9-18(31)24(19(32)10-16)39-14-15-5-3-2-4-6-15/h2-12H,13-14H2,1H3,(H,33,35)/b22-11-. The molecule has 40 heavy (non-hydrogen) atoms. The van der Waals surface area contributed by atoms with Crippen LogP contribution < -0.4 is 14.8 Å². The van der Waals surface area contributed by atoms with Crippen LogP contribution in [-0.4, -0.2) is 35.6 Å². The zero-order valence-corrected chi connectivity index (χ0v) is 25.7. The molecule has 208 valence electrons. The van der Waals surface area contributed by atoms with Gasteiger partial charge in [-0.15, -0.1) is 0 Å². The van der Waals surface area contributed by atoms with Crippen LogP contribution in [0.3, 0.4) is 0 Å². The van der Waals surface area contributed by atoms with Crippen LogP contribution in [0.5, 0.6) is 11.5 Å². The van der Waals surface area contributed by atoms with Crippen molar-refractivity contribution >= 4 is 85.8 Å². The molecular formula is C27H19F3I2N2O5S. The van der Waals surface area contributed by atoms with Crippen molar-refractivity contribution in [1.29, 1.82) is 0 Å². The number of halogens is 5. The lowest BCUT2D eigenvalue weighted by Gasteiger charge is -2.16. The van der Waals surface area contributed by atoms with Gasteiger partial charge in [0.15, 0.2) is 0 Å². The Morgan fingerprint density at radius 1 is 1.05 bits per heavy atom. The fraction of sp³-hybridized carbons (Fsp3) is 0.148. The van der Waals surface area contributed by atoms with Crippen molar-refractivity contribution in [1.82, 2.24) is 4.90 Å². The van der Waals surface area contributed by atoms with Gasteiger partial charge in [-0.25, -0.2) is 0 Å². The summed E-state index contributed by atoms with van der Waals surface area (Å²) < 4.78 is 51.9. The van der Waals surface area contributed by atoms with Crippen molar-refractivity contribution in [2.45, 2.75) is 12.8 Å². The van der Waals surface area contributed by atoms with Crippen molar-refractivity contribution in [3.8, 4) is 11.5 Å². The molecule has 3 aromatic rings. The first-order chi connectivity index (χ1) is 19.0. The van der Waals surface area contributed by atoms with Crippen LogP contribution in [0.25, 0.3) is 6.08 Å². The largest absolute Gasteiger partial charge is 0.495 e. The van der Waals surface area contributed by atoms with E-state index in [9.17, 15) is 27.6 Å². The number of carbonyl (C=O) groups excluding carboxylic acids is 3. The number of nitrogens with zero attached hydrogens (tertiary/aromatic N) is 1. The van der Waals surface area contributed by atoms with E-state index in [4.69, 9.17) is 9.47 Å². The number of ether oxygens (including phenoxy) is 2. The molecule has 0 atom stereocenters. The van der Waals surface area contributed by atoms with Crippen molar-refractivity contribution in [3.63, 3.8) is 0 Å². The lowest BCUT2D eigenvalue weighted by Crippen LogP contribution is -2.36. The number of nitrogens with one attached hydrogen (secondary N) is 1. The zero-order chi connectivity index (χ0) is 29.0. The molecule has 1 N–H and O–H groups in total. The topological polar surface area (TPSA) is 84.9 Å². The molecule has 1 aliphatic heterocycles. The number of hydrogen-bond acceptors (Lipinski definition) is 6. The predicted molar refractivity (Wildman–Crippen MR) is 162 cm³/mol. The van der Waals surface area contributed by atoms with E-state index in [0.717, 1.165) is 35.8 Å². The molecule has 1 saturated heterocycles. The Bertz CT molecular complexity index is 1480. The van der Waals surface area contributed by atoms with Gasteiger partial charge in [0.1, 0.15) is 24.7 Å². The minimum atomic E-state index is -4.63. The Hall–Kier alpha value is -2.79. The second kappa shape index (κ2) is 12.8. The lowest BCUT2D eigenvalue weighted by molar-refractivity contribution is -0.137. The van der Waals surface area contributed by atoms with Crippen molar-refractivity contribution in [2.24, 2.45) is 0 Å². The van der Waals surface area contributed by atoms with E-state index in [0.29, 0.717) is 29.7 Å². The average Bonchev–Trinajstić information content (AvgIpc) is 3.15. The second-order valence-corrected chi connectivity index (χ2v) is 11.6. The van der Waals surface area contributed by atoms with Crippen LogP contribution in [0.4, 0.5) is 23.7 Å². The maximum absolute atomic E-state index is 13.1. The van der Waals surface area contributed by atoms with Gasteiger partial charge in [-0.1, -0.05) is 30.3 Å². The predicted octanol–water partition coefficient (Wildman–Crippen LogP) is 7.18. The second-order valence-electron chi connectivity index (χ2n) is 8.32. The van der Waals surface area contributed by atoms with Crippen molar-refractivity contribution < 1.29 is 37.0 Å². The number of benzene rings is 3. The van der Waals surface area contributed by atoms with Crippen molar-refractivity contribution in [2.75, 3.05) is 19.0 Å². The van der Waals surface area contributed by atoms with Gasteiger partial charge < -0.3 is 14.8 Å². The van der Waals surface area contributed by atoms with Crippen LogP contribution in [-0.2, 0) is 22.4 Å². The van der Waals surface area contributed by atoms with E-state index in [1.165, 1.54) is 7.11 Å². The average molecular weight is 794 g/mol. The third kappa shape index (κ3) is 7.28. The molecular weight excluding hydrogens is 775 g/mol. The Kier molecular flexibility index (Phi) is 9.66. The van der Waals surface area contributed by atoms with Crippen LogP contribution in [0, 0.1) is 7.14 Å². The molecule has 0 bridgehead atoms. The van der Waals surface area contributed by atoms with E-state index < -0.39 is 35.3 Å². The summed E-state index contributed by atoms with van der Waals surface area (Å²) in [6.45, 7) is -0.289. The van der Waals surface area contributed by atoms with Gasteiger partial charge in [0.25, 0.3) is 11.1 Å². The number of imide groups is 1. The Balaban J connectivity index is 1.46. The molecule has 13 heteroatoms. The summed E-state index contributed by atoms with van der Waals surface area (Å²) in [5.41, 5.74) is 0.453. The molecule has 7 nitrogen and oxygen atoms in total. The first-order valence-electron chi connectivity index (χ1n) is 11.4. The number of alkyl halides is 3. The maximum atomic E-state index is 13.1. The summed E-state index contributed by atoms with van der Waals surface area (Å²) in [7, 11) is 1.24. The SMILES string of the molecule is COc1ccc(C(F)(F)F)cc1NC(=O)CN1C(=O)S/C(=C\c2cc(I)c(OCc3ccccc3)c(I)c2)C1=O. The van der Waals surface area contributed by atoms with Gasteiger partial charge in [-0.2, -0.15) is 13.2 Å². The third-order valence-electron chi connectivity index (χ3n) is 5.52. The van der Waals surface area contributed by atoms with Crippen molar-refractivity contribution in [3.05, 3.63) is 89.4 Å². The molecule has 0 spiro atoms. The summed E-state index contributed by atoms with van der Waals surface area (Å²) in [5.74, 6) is -0.853. The highest BCUT2D eigenvalue weighted by Crippen LogP contribution is 2.37. The number of amides is 3. The van der Waals surface area contributed by atoms with E-state index in [-0.39, 0.29) is 16.3 Å². The summed E-state index contributed by atoms with van der Waals surface area (Å²) in [6, 6.07) is 15.9. The van der Waals surface area contributed by atoms with E-state index in [1.807, 2.05) is 42.5 Å². The van der Waals surface area contributed by atoms with Gasteiger partial charge in [-0.3, -0.25) is 19.3 Å². The molecule has 4 rings (SSSR count). The van der Waals surface area contributed by atoms with E-state index in [2.05, 4.69) is 50.5 Å². The van der Waals surface area contributed by atoms with E-state index >= 15 is 0 Å². The quantitative estimate of drug-likeness (QED) is 0.192. The Morgan fingerprint density at radius 3 is 2.35 bits per heavy atom. The molecule has 1 aliphatic rings. The molecule has 0 saturated carbocycles. The highest BCUT2D eigenvalue weighted by molar-refractivity contribution is 14.1. The zero-order valence-electron chi connectivity index (χ0n) is 20.6. The Morgan fingerprint density at radius 2 is 1.73 bits per heavy atom. The van der Waals surface area contributed by atoms with Gasteiger partial charge in [-0.05, 0) is 104 Å². The summed E-state index contributed by atoms with van der Waals surface area (Å²) in [6.07, 6.45) is -3.09. The highest BCUT2D eigenvalue weighted by Gasteiger charge is 2.37.